The summed E-state index contributed by atoms with van der Waals surface area (Å²) in [7, 11) is 0. The molecular formula is C19H13FN2O3S. The number of aromatic amines is 1. The molecule has 2 aromatic heterocycles. The van der Waals surface area contributed by atoms with E-state index in [4.69, 9.17) is 4.74 Å². The molecule has 26 heavy (non-hydrogen) atoms. The number of aromatic nitrogens is 2. The van der Waals surface area contributed by atoms with Gasteiger partial charge in [0, 0.05) is 4.70 Å². The van der Waals surface area contributed by atoms with Gasteiger partial charge in [0.25, 0.3) is 5.56 Å². The fraction of sp³-hybridized carbons (Fsp3) is 0.105. The summed E-state index contributed by atoms with van der Waals surface area (Å²) >= 11 is 1.22. The second kappa shape index (κ2) is 6.34. The van der Waals surface area contributed by atoms with Crippen LogP contribution in [0.3, 0.4) is 0 Å². The molecule has 0 aliphatic carbocycles. The summed E-state index contributed by atoms with van der Waals surface area (Å²) in [4.78, 5) is 31.9. The third kappa shape index (κ3) is 2.97. The van der Waals surface area contributed by atoms with E-state index < -0.39 is 12.1 Å². The number of nitrogens with one attached hydrogen (secondary N) is 1. The first-order valence-electron chi connectivity index (χ1n) is 7.90. The number of hydrogen-bond donors (Lipinski definition) is 1. The minimum absolute atomic E-state index is 0.272. The fourth-order valence-electron chi connectivity index (χ4n) is 2.69. The van der Waals surface area contributed by atoms with Gasteiger partial charge in [-0.05, 0) is 48.7 Å². The van der Waals surface area contributed by atoms with Crippen LogP contribution < -0.4 is 5.56 Å². The number of carbonyl (C=O) groups is 1. The minimum atomic E-state index is -0.734. The number of esters is 1. The Morgan fingerprint density at radius 1 is 1.23 bits per heavy atom. The number of thiophene rings is 1. The molecule has 0 amide bonds. The molecule has 2 heterocycles. The quantitative estimate of drug-likeness (QED) is 0.550. The van der Waals surface area contributed by atoms with Crippen LogP contribution in [0, 0.1) is 5.82 Å². The normalized spacial score (nSPS) is 12.4. The number of carbonyl (C=O) groups excluding carboxylic acids is 1. The van der Waals surface area contributed by atoms with Crippen molar-refractivity contribution in [2.75, 3.05) is 0 Å². The van der Waals surface area contributed by atoms with Gasteiger partial charge in [-0.3, -0.25) is 4.79 Å². The van der Waals surface area contributed by atoms with Crippen LogP contribution in [0.4, 0.5) is 4.39 Å². The van der Waals surface area contributed by atoms with Crippen LogP contribution in [0.5, 0.6) is 0 Å². The molecular weight excluding hydrogens is 355 g/mol. The van der Waals surface area contributed by atoms with E-state index in [1.165, 1.54) is 23.5 Å². The zero-order chi connectivity index (χ0) is 18.3. The van der Waals surface area contributed by atoms with E-state index in [9.17, 15) is 14.0 Å². The molecule has 4 rings (SSSR count). The van der Waals surface area contributed by atoms with Gasteiger partial charge in [0.05, 0.1) is 10.9 Å². The lowest BCUT2D eigenvalue weighted by Crippen LogP contribution is -2.17. The Morgan fingerprint density at radius 2 is 2.04 bits per heavy atom. The summed E-state index contributed by atoms with van der Waals surface area (Å²) in [5.74, 6) is -0.634. The van der Waals surface area contributed by atoms with Crippen LogP contribution >= 0.6 is 11.3 Å². The predicted octanol–water partition coefficient (Wildman–Crippen LogP) is 4.19. The summed E-state index contributed by atoms with van der Waals surface area (Å²) in [6.07, 6.45) is -0.734. The van der Waals surface area contributed by atoms with Gasteiger partial charge in [0.15, 0.2) is 11.9 Å². The average Bonchev–Trinajstić information content (AvgIpc) is 3.05. The summed E-state index contributed by atoms with van der Waals surface area (Å²) in [5, 5.41) is 1.12. The molecule has 0 aliphatic rings. The molecule has 5 nitrogen and oxygen atoms in total. The van der Waals surface area contributed by atoms with E-state index in [-0.39, 0.29) is 17.2 Å². The third-order valence-electron chi connectivity index (χ3n) is 3.98. The van der Waals surface area contributed by atoms with E-state index in [2.05, 4.69) is 9.97 Å². The number of ether oxygens (including phenoxy) is 1. The number of para-hydroxylation sites is 1. The van der Waals surface area contributed by atoms with E-state index in [0.29, 0.717) is 21.2 Å². The van der Waals surface area contributed by atoms with Gasteiger partial charge in [-0.15, -0.1) is 11.3 Å². The van der Waals surface area contributed by atoms with Crippen molar-refractivity contribution >= 4 is 38.3 Å². The zero-order valence-electron chi connectivity index (χ0n) is 13.7. The third-order valence-corrected chi connectivity index (χ3v) is 5.08. The van der Waals surface area contributed by atoms with Gasteiger partial charge in [0.1, 0.15) is 10.7 Å². The number of H-pyrrole nitrogens is 1. The Bertz CT molecular complexity index is 1200. The van der Waals surface area contributed by atoms with Gasteiger partial charge in [0.2, 0.25) is 0 Å². The zero-order valence-corrected chi connectivity index (χ0v) is 14.5. The van der Waals surface area contributed by atoms with E-state index in [1.807, 2.05) is 0 Å². The van der Waals surface area contributed by atoms with Gasteiger partial charge in [-0.2, -0.15) is 0 Å². The minimum Gasteiger partial charge on any atom is -0.450 e. The Labute approximate surface area is 151 Å². The van der Waals surface area contributed by atoms with E-state index >= 15 is 0 Å². The summed E-state index contributed by atoms with van der Waals surface area (Å²) in [6, 6.07) is 12.9. The number of fused-ring (bicyclic) bond motifs is 2. The molecule has 1 atom stereocenters. The second-order valence-corrected chi connectivity index (χ2v) is 6.89. The topological polar surface area (TPSA) is 72.0 Å². The molecule has 4 aromatic rings. The van der Waals surface area contributed by atoms with Gasteiger partial charge in [-0.1, -0.05) is 12.1 Å². The molecule has 0 saturated carbocycles. The number of rotatable bonds is 3. The number of nitrogens with zero attached hydrogens (tertiary/aromatic N) is 1. The lowest BCUT2D eigenvalue weighted by molar-refractivity contribution is 0.0326. The molecule has 0 unspecified atom stereocenters. The summed E-state index contributed by atoms with van der Waals surface area (Å²) in [5.41, 5.74) is 0.248. The second-order valence-electron chi connectivity index (χ2n) is 5.81. The number of halogens is 1. The van der Waals surface area contributed by atoms with Crippen molar-refractivity contribution in [1.82, 2.24) is 9.97 Å². The highest BCUT2D eigenvalue weighted by Gasteiger charge is 2.19. The smallest absolute Gasteiger partial charge is 0.349 e. The molecule has 0 saturated heterocycles. The van der Waals surface area contributed by atoms with Crippen molar-refractivity contribution in [1.29, 1.82) is 0 Å². The van der Waals surface area contributed by atoms with Crippen molar-refractivity contribution in [3.05, 3.63) is 75.4 Å². The molecule has 7 heteroatoms. The first-order valence-corrected chi connectivity index (χ1v) is 8.72. The van der Waals surface area contributed by atoms with Crippen molar-refractivity contribution < 1.29 is 13.9 Å². The standard InChI is InChI=1S/C19H13FN2O3S/c1-10(17-21-14-5-3-2-4-13(14)18(23)22-17)25-19(24)16-9-11-8-12(20)6-7-15(11)26-16/h2-10H,1H3,(H,21,22,23)/t10-/m1/s1. The van der Waals surface area contributed by atoms with Crippen LogP contribution in [-0.2, 0) is 4.74 Å². The summed E-state index contributed by atoms with van der Waals surface area (Å²) in [6.45, 7) is 1.64. The van der Waals surface area contributed by atoms with Crippen molar-refractivity contribution in [2.24, 2.45) is 0 Å². The van der Waals surface area contributed by atoms with Crippen LogP contribution in [0.1, 0.15) is 28.5 Å². The SMILES string of the molecule is C[C@@H](OC(=O)c1cc2cc(F)ccc2s1)c1nc2ccccc2c(=O)[nH]1. The molecule has 0 fully saturated rings. The maximum Gasteiger partial charge on any atom is 0.349 e. The maximum atomic E-state index is 13.3. The average molecular weight is 368 g/mol. The van der Waals surface area contributed by atoms with Crippen molar-refractivity contribution in [3.63, 3.8) is 0 Å². The highest BCUT2D eigenvalue weighted by molar-refractivity contribution is 7.20. The molecule has 0 aliphatic heterocycles. The predicted molar refractivity (Wildman–Crippen MR) is 98.0 cm³/mol. The van der Waals surface area contributed by atoms with E-state index in [0.717, 1.165) is 4.70 Å². The van der Waals surface area contributed by atoms with Gasteiger partial charge >= 0.3 is 5.97 Å². The highest BCUT2D eigenvalue weighted by atomic mass is 32.1. The lowest BCUT2D eigenvalue weighted by atomic mass is 10.2. The Balaban J connectivity index is 1.61. The van der Waals surface area contributed by atoms with Crippen LogP contribution in [0.25, 0.3) is 21.0 Å². The fourth-order valence-corrected chi connectivity index (χ4v) is 3.61. The Morgan fingerprint density at radius 3 is 2.88 bits per heavy atom. The van der Waals surface area contributed by atoms with Crippen molar-refractivity contribution in [3.8, 4) is 0 Å². The highest BCUT2D eigenvalue weighted by Crippen LogP contribution is 2.28. The molecule has 130 valence electrons. The van der Waals surface area contributed by atoms with Gasteiger partial charge in [-0.25, -0.2) is 14.2 Å². The Kier molecular flexibility index (Phi) is 4.00. The van der Waals surface area contributed by atoms with E-state index in [1.54, 1.807) is 43.3 Å². The first-order chi connectivity index (χ1) is 12.5. The molecule has 2 aromatic carbocycles. The van der Waals surface area contributed by atoms with Crippen LogP contribution in [-0.4, -0.2) is 15.9 Å². The van der Waals surface area contributed by atoms with Gasteiger partial charge < -0.3 is 9.72 Å². The Hall–Kier alpha value is -3.06. The first kappa shape index (κ1) is 16.4. The van der Waals surface area contributed by atoms with Crippen molar-refractivity contribution in [2.45, 2.75) is 13.0 Å². The molecule has 1 N–H and O–H groups in total. The molecule has 0 radical (unpaired) electrons. The monoisotopic (exact) mass is 368 g/mol. The summed E-state index contributed by atoms with van der Waals surface area (Å²) < 4.78 is 19.5. The molecule has 0 spiro atoms. The lowest BCUT2D eigenvalue weighted by Gasteiger charge is -2.12. The number of hydrogen-bond acceptors (Lipinski definition) is 5. The number of benzene rings is 2. The van der Waals surface area contributed by atoms with Crippen LogP contribution in [0.2, 0.25) is 0 Å². The maximum absolute atomic E-state index is 13.3. The largest absolute Gasteiger partial charge is 0.450 e. The van der Waals surface area contributed by atoms with Crippen LogP contribution in [0.15, 0.2) is 53.3 Å². The molecule has 0 bridgehead atoms.